The van der Waals surface area contributed by atoms with Gasteiger partial charge in [0, 0.05) is 19.1 Å². The Morgan fingerprint density at radius 1 is 1.15 bits per heavy atom. The SMILES string of the molecule is CCOC(=O)[C@H]1CCCN(C(=O)CN2CCC[C@H]2c2ccc(F)cc2)C1. The van der Waals surface area contributed by atoms with E-state index in [0.29, 0.717) is 26.2 Å². The number of ether oxygens (including phenoxy) is 1. The van der Waals surface area contributed by atoms with Crippen LogP contribution < -0.4 is 0 Å². The first-order chi connectivity index (χ1) is 12.6. The summed E-state index contributed by atoms with van der Waals surface area (Å²) in [5.41, 5.74) is 1.06. The molecule has 142 valence electrons. The summed E-state index contributed by atoms with van der Waals surface area (Å²) in [7, 11) is 0. The highest BCUT2D eigenvalue weighted by molar-refractivity contribution is 5.80. The van der Waals surface area contributed by atoms with Crippen molar-refractivity contribution >= 4 is 11.9 Å². The molecule has 1 aromatic rings. The van der Waals surface area contributed by atoms with Crippen molar-refractivity contribution in [3.8, 4) is 0 Å². The van der Waals surface area contributed by atoms with Gasteiger partial charge in [-0.25, -0.2) is 4.39 Å². The van der Waals surface area contributed by atoms with Gasteiger partial charge in [0.05, 0.1) is 19.1 Å². The minimum atomic E-state index is -0.243. The Kier molecular flexibility index (Phi) is 6.25. The van der Waals surface area contributed by atoms with Crippen LogP contribution in [0.15, 0.2) is 24.3 Å². The molecule has 2 saturated heterocycles. The van der Waals surface area contributed by atoms with Crippen molar-refractivity contribution in [2.24, 2.45) is 5.92 Å². The lowest BCUT2D eigenvalue weighted by Gasteiger charge is -2.33. The second-order valence-electron chi connectivity index (χ2n) is 7.11. The maximum absolute atomic E-state index is 13.2. The minimum Gasteiger partial charge on any atom is -0.466 e. The zero-order valence-corrected chi connectivity index (χ0v) is 15.3. The quantitative estimate of drug-likeness (QED) is 0.756. The molecule has 2 aliphatic rings. The number of hydrogen-bond acceptors (Lipinski definition) is 4. The fourth-order valence-corrected chi connectivity index (χ4v) is 4.01. The van der Waals surface area contributed by atoms with Gasteiger partial charge in [-0.1, -0.05) is 12.1 Å². The summed E-state index contributed by atoms with van der Waals surface area (Å²) in [5, 5.41) is 0. The minimum absolute atomic E-state index is 0.0630. The largest absolute Gasteiger partial charge is 0.466 e. The molecule has 2 heterocycles. The van der Waals surface area contributed by atoms with Crippen molar-refractivity contribution < 1.29 is 18.7 Å². The smallest absolute Gasteiger partial charge is 0.310 e. The fourth-order valence-electron chi connectivity index (χ4n) is 4.01. The summed E-state index contributed by atoms with van der Waals surface area (Å²) in [6.45, 7) is 4.53. The van der Waals surface area contributed by atoms with Crippen LogP contribution >= 0.6 is 0 Å². The van der Waals surface area contributed by atoms with Gasteiger partial charge in [-0.15, -0.1) is 0 Å². The van der Waals surface area contributed by atoms with E-state index in [-0.39, 0.29) is 29.7 Å². The van der Waals surface area contributed by atoms with Gasteiger partial charge in [-0.2, -0.15) is 0 Å². The number of likely N-dealkylation sites (tertiary alicyclic amines) is 2. The number of halogens is 1. The highest BCUT2D eigenvalue weighted by atomic mass is 19.1. The molecule has 3 rings (SSSR count). The van der Waals surface area contributed by atoms with Crippen LogP contribution in [-0.2, 0) is 14.3 Å². The third-order valence-corrected chi connectivity index (χ3v) is 5.35. The average molecular weight is 362 g/mol. The Balaban J connectivity index is 1.59. The molecule has 0 saturated carbocycles. The summed E-state index contributed by atoms with van der Waals surface area (Å²) in [6, 6.07) is 6.72. The molecule has 6 heteroatoms. The standard InChI is InChI=1S/C20H27FN2O3/c1-2-26-20(25)16-5-3-12-23(13-16)19(24)14-22-11-4-6-18(22)15-7-9-17(21)10-8-15/h7-10,16,18H,2-6,11-14H2,1H3/t16-,18-/m0/s1. The number of hydrogen-bond donors (Lipinski definition) is 0. The van der Waals surface area contributed by atoms with E-state index in [9.17, 15) is 14.0 Å². The van der Waals surface area contributed by atoms with Crippen molar-refractivity contribution in [1.82, 2.24) is 9.80 Å². The van der Waals surface area contributed by atoms with Crippen LogP contribution in [0, 0.1) is 11.7 Å². The number of esters is 1. The molecule has 0 radical (unpaired) electrons. The average Bonchev–Trinajstić information content (AvgIpc) is 3.10. The first-order valence-electron chi connectivity index (χ1n) is 9.52. The maximum atomic E-state index is 13.2. The first-order valence-corrected chi connectivity index (χ1v) is 9.52. The number of carbonyl (C=O) groups excluding carboxylic acids is 2. The van der Waals surface area contributed by atoms with E-state index in [4.69, 9.17) is 4.74 Å². The normalized spacial score (nSPS) is 23.8. The Bertz CT molecular complexity index is 634. The Labute approximate surface area is 154 Å². The molecule has 0 unspecified atom stereocenters. The fraction of sp³-hybridized carbons (Fsp3) is 0.600. The van der Waals surface area contributed by atoms with Crippen molar-refractivity contribution in [3.63, 3.8) is 0 Å². The number of amides is 1. The van der Waals surface area contributed by atoms with Crippen LogP contribution in [0.5, 0.6) is 0 Å². The Morgan fingerprint density at radius 3 is 2.62 bits per heavy atom. The molecule has 0 aromatic heterocycles. The van der Waals surface area contributed by atoms with Gasteiger partial charge < -0.3 is 9.64 Å². The van der Waals surface area contributed by atoms with Crippen LogP contribution in [0.1, 0.15) is 44.2 Å². The summed E-state index contributed by atoms with van der Waals surface area (Å²) >= 11 is 0. The van der Waals surface area contributed by atoms with Crippen LogP contribution in [0.3, 0.4) is 0 Å². The molecule has 26 heavy (non-hydrogen) atoms. The van der Waals surface area contributed by atoms with E-state index in [1.807, 2.05) is 0 Å². The lowest BCUT2D eigenvalue weighted by molar-refractivity contribution is -0.151. The van der Waals surface area contributed by atoms with Crippen LogP contribution in [0.4, 0.5) is 4.39 Å². The van der Waals surface area contributed by atoms with Gasteiger partial charge in [0.25, 0.3) is 0 Å². The lowest BCUT2D eigenvalue weighted by atomic mass is 9.98. The van der Waals surface area contributed by atoms with Gasteiger partial charge in [-0.05, 0) is 56.8 Å². The summed E-state index contributed by atoms with van der Waals surface area (Å²) in [6.07, 6.45) is 3.62. The third kappa shape index (κ3) is 4.41. The van der Waals surface area contributed by atoms with Gasteiger partial charge in [0.2, 0.25) is 5.91 Å². The topological polar surface area (TPSA) is 49.9 Å². The van der Waals surface area contributed by atoms with Gasteiger partial charge in [-0.3, -0.25) is 14.5 Å². The van der Waals surface area contributed by atoms with Gasteiger partial charge in [0.1, 0.15) is 5.82 Å². The number of piperidine rings is 1. The highest BCUT2D eigenvalue weighted by Crippen LogP contribution is 2.32. The Morgan fingerprint density at radius 2 is 1.88 bits per heavy atom. The van der Waals surface area contributed by atoms with Crippen molar-refractivity contribution in [1.29, 1.82) is 0 Å². The predicted octanol–water partition coefficient (Wildman–Crippen LogP) is 2.76. The molecule has 1 amide bonds. The van der Waals surface area contributed by atoms with Crippen molar-refractivity contribution in [2.45, 2.75) is 38.6 Å². The molecule has 5 nitrogen and oxygen atoms in total. The Hall–Kier alpha value is -1.95. The van der Waals surface area contributed by atoms with E-state index in [1.165, 1.54) is 12.1 Å². The van der Waals surface area contributed by atoms with Crippen LogP contribution in [0.2, 0.25) is 0 Å². The molecule has 2 fully saturated rings. The maximum Gasteiger partial charge on any atom is 0.310 e. The molecular weight excluding hydrogens is 335 g/mol. The van der Waals surface area contributed by atoms with Gasteiger partial charge >= 0.3 is 5.97 Å². The van der Waals surface area contributed by atoms with Crippen molar-refractivity contribution in [3.05, 3.63) is 35.6 Å². The summed E-state index contributed by atoms with van der Waals surface area (Å²) < 4.78 is 18.3. The molecule has 0 spiro atoms. The van der Waals surface area contributed by atoms with E-state index in [1.54, 1.807) is 24.0 Å². The number of rotatable bonds is 5. The molecule has 0 N–H and O–H groups in total. The van der Waals surface area contributed by atoms with Crippen molar-refractivity contribution in [2.75, 3.05) is 32.8 Å². The zero-order valence-electron chi connectivity index (χ0n) is 15.3. The second-order valence-corrected chi connectivity index (χ2v) is 7.11. The van der Waals surface area contributed by atoms with Crippen LogP contribution in [-0.4, -0.2) is 54.5 Å². The van der Waals surface area contributed by atoms with Gasteiger partial charge in [0.15, 0.2) is 0 Å². The van der Waals surface area contributed by atoms with E-state index >= 15 is 0 Å². The lowest BCUT2D eigenvalue weighted by Crippen LogP contribution is -2.46. The van der Waals surface area contributed by atoms with E-state index in [0.717, 1.165) is 37.8 Å². The summed E-state index contributed by atoms with van der Waals surface area (Å²) in [4.78, 5) is 28.7. The first kappa shape index (κ1) is 18.8. The molecule has 0 bridgehead atoms. The number of nitrogens with zero attached hydrogens (tertiary/aromatic N) is 2. The van der Waals surface area contributed by atoms with E-state index < -0.39 is 0 Å². The molecule has 0 aliphatic carbocycles. The molecule has 2 aliphatic heterocycles. The van der Waals surface area contributed by atoms with Crippen LogP contribution in [0.25, 0.3) is 0 Å². The number of carbonyl (C=O) groups is 2. The molecule has 1 aromatic carbocycles. The number of benzene rings is 1. The second kappa shape index (κ2) is 8.62. The zero-order chi connectivity index (χ0) is 18.5. The monoisotopic (exact) mass is 362 g/mol. The third-order valence-electron chi connectivity index (χ3n) is 5.35. The highest BCUT2D eigenvalue weighted by Gasteiger charge is 2.32. The molecular formula is C20H27FN2O3. The summed E-state index contributed by atoms with van der Waals surface area (Å²) in [5.74, 6) is -0.588. The molecule has 2 atom stereocenters. The predicted molar refractivity (Wildman–Crippen MR) is 95.9 cm³/mol. The van der Waals surface area contributed by atoms with E-state index in [2.05, 4.69) is 4.90 Å².